The standard InChI is InChI=1S/C5H10N2S/c6-5(7)4-1-2-8-3-4/h1-3,6-7H2. The molecule has 4 N–H and O–H groups in total. The van der Waals surface area contributed by atoms with Crippen LogP contribution in [0.5, 0.6) is 0 Å². The molecule has 1 aliphatic heterocycles. The van der Waals surface area contributed by atoms with E-state index >= 15 is 0 Å². The molecule has 0 amide bonds. The van der Waals surface area contributed by atoms with Crippen LogP contribution in [0.4, 0.5) is 0 Å². The van der Waals surface area contributed by atoms with Crippen molar-refractivity contribution in [2.75, 3.05) is 11.5 Å². The summed E-state index contributed by atoms with van der Waals surface area (Å²) >= 11 is 1.89. The van der Waals surface area contributed by atoms with Crippen molar-refractivity contribution in [3.63, 3.8) is 0 Å². The molecule has 3 heteroatoms. The molecule has 0 saturated carbocycles. The van der Waals surface area contributed by atoms with E-state index in [0.29, 0.717) is 5.82 Å². The normalized spacial score (nSPS) is 19.2. The highest BCUT2D eigenvalue weighted by atomic mass is 32.2. The summed E-state index contributed by atoms with van der Waals surface area (Å²) < 4.78 is 0. The average Bonchev–Trinajstić information content (AvgIpc) is 2.12. The van der Waals surface area contributed by atoms with Crippen LogP contribution in [-0.4, -0.2) is 11.5 Å². The second-order valence-electron chi connectivity index (χ2n) is 1.86. The molecule has 0 unspecified atom stereocenters. The quantitative estimate of drug-likeness (QED) is 0.494. The number of rotatable bonds is 0. The van der Waals surface area contributed by atoms with Crippen molar-refractivity contribution in [1.29, 1.82) is 0 Å². The maximum absolute atomic E-state index is 5.34. The summed E-state index contributed by atoms with van der Waals surface area (Å²) in [5.74, 6) is 2.77. The van der Waals surface area contributed by atoms with Gasteiger partial charge in [0.2, 0.25) is 0 Å². The van der Waals surface area contributed by atoms with Crippen molar-refractivity contribution in [2.24, 2.45) is 11.5 Å². The van der Waals surface area contributed by atoms with E-state index in [9.17, 15) is 0 Å². The van der Waals surface area contributed by atoms with E-state index in [4.69, 9.17) is 11.5 Å². The van der Waals surface area contributed by atoms with Crippen molar-refractivity contribution in [1.82, 2.24) is 0 Å². The van der Waals surface area contributed by atoms with Gasteiger partial charge in [0, 0.05) is 5.75 Å². The zero-order valence-electron chi connectivity index (χ0n) is 4.68. The second-order valence-corrected chi connectivity index (χ2v) is 2.97. The Kier molecular flexibility index (Phi) is 1.68. The molecule has 2 nitrogen and oxygen atoms in total. The van der Waals surface area contributed by atoms with Gasteiger partial charge in [0.05, 0.1) is 5.82 Å². The highest BCUT2D eigenvalue weighted by Gasteiger charge is 2.08. The minimum Gasteiger partial charge on any atom is -0.386 e. The molecule has 0 aromatic heterocycles. The van der Waals surface area contributed by atoms with Gasteiger partial charge in [0.25, 0.3) is 0 Å². The molecule has 0 aromatic rings. The molecule has 0 aliphatic carbocycles. The molecule has 0 aromatic carbocycles. The molecule has 1 rings (SSSR count). The number of nitrogens with two attached hydrogens (primary N) is 2. The first-order chi connectivity index (χ1) is 3.80. The largest absolute Gasteiger partial charge is 0.386 e. The second kappa shape index (κ2) is 2.31. The fourth-order valence-electron chi connectivity index (χ4n) is 0.691. The molecular formula is C5H10N2S. The van der Waals surface area contributed by atoms with E-state index in [2.05, 4.69) is 0 Å². The third kappa shape index (κ3) is 1.10. The Balaban J connectivity index is 2.58. The van der Waals surface area contributed by atoms with E-state index in [0.717, 1.165) is 12.2 Å². The highest BCUT2D eigenvalue weighted by Crippen LogP contribution is 2.22. The lowest BCUT2D eigenvalue weighted by atomic mass is 10.2. The predicted octanol–water partition coefficient (Wildman–Crippen LogP) is 0.252. The van der Waals surface area contributed by atoms with Gasteiger partial charge in [0.15, 0.2) is 0 Å². The first-order valence-corrected chi connectivity index (χ1v) is 3.77. The summed E-state index contributed by atoms with van der Waals surface area (Å²) in [5.41, 5.74) is 11.9. The summed E-state index contributed by atoms with van der Waals surface area (Å²) in [7, 11) is 0. The minimum atomic E-state index is 0.537. The molecule has 0 atom stereocenters. The topological polar surface area (TPSA) is 52.0 Å². The molecule has 1 aliphatic rings. The van der Waals surface area contributed by atoms with E-state index in [1.807, 2.05) is 11.8 Å². The molecule has 1 saturated heterocycles. The molecule has 46 valence electrons. The lowest BCUT2D eigenvalue weighted by Crippen LogP contribution is -2.11. The Hall–Kier alpha value is -0.310. The summed E-state index contributed by atoms with van der Waals surface area (Å²) in [6.45, 7) is 0. The molecule has 8 heavy (non-hydrogen) atoms. The van der Waals surface area contributed by atoms with E-state index in [1.54, 1.807) is 0 Å². The third-order valence-corrected chi connectivity index (χ3v) is 2.28. The van der Waals surface area contributed by atoms with E-state index < -0.39 is 0 Å². The summed E-state index contributed by atoms with van der Waals surface area (Å²) in [5, 5.41) is 0. The number of hydrogen-bond acceptors (Lipinski definition) is 3. The zero-order chi connectivity index (χ0) is 5.98. The van der Waals surface area contributed by atoms with E-state index in [-0.39, 0.29) is 0 Å². The Morgan fingerprint density at radius 3 is 2.50 bits per heavy atom. The fraction of sp³-hybridized carbons (Fsp3) is 0.600. The smallest absolute Gasteiger partial charge is 0.0934 e. The minimum absolute atomic E-state index is 0.537. The van der Waals surface area contributed by atoms with Crippen LogP contribution in [0, 0.1) is 0 Å². The lowest BCUT2D eigenvalue weighted by Gasteiger charge is -1.94. The number of thioether (sulfide) groups is 1. The van der Waals surface area contributed by atoms with Gasteiger partial charge < -0.3 is 11.5 Å². The SMILES string of the molecule is NC(N)=C1CCSC1. The molecular weight excluding hydrogens is 120 g/mol. The third-order valence-electron chi connectivity index (χ3n) is 1.23. The van der Waals surface area contributed by atoms with Gasteiger partial charge in [-0.05, 0) is 17.7 Å². The van der Waals surface area contributed by atoms with Gasteiger partial charge in [-0.1, -0.05) is 0 Å². The van der Waals surface area contributed by atoms with Crippen LogP contribution in [0.2, 0.25) is 0 Å². The fourth-order valence-corrected chi connectivity index (χ4v) is 1.78. The van der Waals surface area contributed by atoms with Crippen molar-refractivity contribution >= 4 is 11.8 Å². The van der Waals surface area contributed by atoms with Crippen molar-refractivity contribution in [3.8, 4) is 0 Å². The summed E-state index contributed by atoms with van der Waals surface area (Å²) in [6.07, 6.45) is 1.09. The molecule has 1 heterocycles. The van der Waals surface area contributed by atoms with Crippen LogP contribution in [0.25, 0.3) is 0 Å². The Bertz CT molecular complexity index is 108. The van der Waals surface area contributed by atoms with Gasteiger partial charge in [0.1, 0.15) is 0 Å². The lowest BCUT2D eigenvalue weighted by molar-refractivity contribution is 1.07. The van der Waals surface area contributed by atoms with Crippen LogP contribution in [-0.2, 0) is 0 Å². The Labute approximate surface area is 53.3 Å². The van der Waals surface area contributed by atoms with Gasteiger partial charge in [-0.25, -0.2) is 0 Å². The van der Waals surface area contributed by atoms with Crippen molar-refractivity contribution in [3.05, 3.63) is 11.4 Å². The maximum Gasteiger partial charge on any atom is 0.0934 e. The molecule has 1 fully saturated rings. The summed E-state index contributed by atoms with van der Waals surface area (Å²) in [4.78, 5) is 0. The first-order valence-electron chi connectivity index (χ1n) is 2.61. The van der Waals surface area contributed by atoms with Crippen LogP contribution < -0.4 is 11.5 Å². The van der Waals surface area contributed by atoms with Crippen LogP contribution >= 0.6 is 11.8 Å². The average molecular weight is 130 g/mol. The molecule has 0 spiro atoms. The van der Waals surface area contributed by atoms with Crippen molar-refractivity contribution in [2.45, 2.75) is 6.42 Å². The van der Waals surface area contributed by atoms with Crippen molar-refractivity contribution < 1.29 is 0 Å². The van der Waals surface area contributed by atoms with Crippen LogP contribution in [0.3, 0.4) is 0 Å². The van der Waals surface area contributed by atoms with Gasteiger partial charge in [-0.15, -0.1) is 0 Å². The van der Waals surface area contributed by atoms with E-state index in [1.165, 1.54) is 11.3 Å². The molecule has 0 radical (unpaired) electrons. The van der Waals surface area contributed by atoms with Gasteiger partial charge >= 0.3 is 0 Å². The molecule has 0 bridgehead atoms. The zero-order valence-corrected chi connectivity index (χ0v) is 5.50. The van der Waals surface area contributed by atoms with Crippen LogP contribution in [0.15, 0.2) is 11.4 Å². The van der Waals surface area contributed by atoms with Gasteiger partial charge in [-0.2, -0.15) is 11.8 Å². The Morgan fingerprint density at radius 2 is 2.25 bits per heavy atom. The van der Waals surface area contributed by atoms with Gasteiger partial charge in [-0.3, -0.25) is 0 Å². The Morgan fingerprint density at radius 1 is 1.50 bits per heavy atom. The highest BCUT2D eigenvalue weighted by molar-refractivity contribution is 7.99. The summed E-state index contributed by atoms with van der Waals surface area (Å²) in [6, 6.07) is 0. The predicted molar refractivity (Wildman–Crippen MR) is 37.3 cm³/mol. The maximum atomic E-state index is 5.34. The van der Waals surface area contributed by atoms with Crippen LogP contribution in [0.1, 0.15) is 6.42 Å². The number of hydrogen-bond donors (Lipinski definition) is 2. The first kappa shape index (κ1) is 5.82. The monoisotopic (exact) mass is 130 g/mol.